The molecule has 1 aromatic heterocycles. The highest BCUT2D eigenvalue weighted by Crippen LogP contribution is 2.30. The maximum atomic E-state index is 11.4. The number of hydrogen-bond acceptors (Lipinski definition) is 3. The van der Waals surface area contributed by atoms with Crippen molar-refractivity contribution in [1.82, 2.24) is 9.88 Å². The first-order valence-electron chi connectivity index (χ1n) is 5.55. The lowest BCUT2D eigenvalue weighted by Gasteiger charge is -2.22. The van der Waals surface area contributed by atoms with Crippen molar-refractivity contribution in [1.29, 1.82) is 0 Å². The van der Waals surface area contributed by atoms with E-state index in [0.29, 0.717) is 0 Å². The fourth-order valence-corrected chi connectivity index (χ4v) is 2.18. The normalized spacial score (nSPS) is 20.1. The van der Waals surface area contributed by atoms with Crippen molar-refractivity contribution in [3.05, 3.63) is 29.6 Å². The first-order chi connectivity index (χ1) is 7.72. The largest absolute Gasteiger partial charge is 0.392 e. The first-order valence-corrected chi connectivity index (χ1v) is 5.55. The second-order valence-corrected chi connectivity index (χ2v) is 4.12. The van der Waals surface area contributed by atoms with E-state index in [1.165, 1.54) is 0 Å². The van der Waals surface area contributed by atoms with Gasteiger partial charge in [-0.25, -0.2) is 0 Å². The van der Waals surface area contributed by atoms with Gasteiger partial charge in [0.15, 0.2) is 0 Å². The Morgan fingerprint density at radius 3 is 3.00 bits per heavy atom. The molecule has 1 aliphatic heterocycles. The smallest absolute Gasteiger partial charge is 0.220 e. The molecular weight excluding hydrogens is 204 g/mol. The van der Waals surface area contributed by atoms with E-state index in [-0.39, 0.29) is 18.6 Å². The van der Waals surface area contributed by atoms with Gasteiger partial charge in [-0.1, -0.05) is 6.07 Å². The average molecular weight is 220 g/mol. The fourth-order valence-electron chi connectivity index (χ4n) is 2.18. The third kappa shape index (κ3) is 2.07. The molecule has 1 N–H and O–H groups in total. The molecule has 4 nitrogen and oxygen atoms in total. The predicted octanol–water partition coefficient (Wildman–Crippen LogP) is 1.26. The van der Waals surface area contributed by atoms with Gasteiger partial charge in [0.2, 0.25) is 5.91 Å². The maximum Gasteiger partial charge on any atom is 0.220 e. The Balaban J connectivity index is 2.19. The van der Waals surface area contributed by atoms with Crippen LogP contribution in [0.4, 0.5) is 0 Å². The predicted molar refractivity (Wildman–Crippen MR) is 59.5 cm³/mol. The van der Waals surface area contributed by atoms with Crippen molar-refractivity contribution >= 4 is 5.91 Å². The standard InChI is InChI=1S/C12H16N2O2/c1-9(16)14-6-2-3-12(14)11-5-4-10(8-15)7-13-11/h4-5,7,12,15H,2-3,6,8H2,1H3. The lowest BCUT2D eigenvalue weighted by molar-refractivity contribution is -0.129. The molecule has 16 heavy (non-hydrogen) atoms. The van der Waals surface area contributed by atoms with Gasteiger partial charge < -0.3 is 10.0 Å². The second-order valence-electron chi connectivity index (χ2n) is 4.12. The summed E-state index contributed by atoms with van der Waals surface area (Å²) in [5.41, 5.74) is 1.72. The number of rotatable bonds is 2. The van der Waals surface area contributed by atoms with Crippen LogP contribution in [0.25, 0.3) is 0 Å². The maximum absolute atomic E-state index is 11.4. The first kappa shape index (κ1) is 11.1. The molecule has 0 aliphatic carbocycles. The Hall–Kier alpha value is -1.42. The average Bonchev–Trinajstić information content (AvgIpc) is 2.78. The minimum atomic E-state index is 0.00830. The topological polar surface area (TPSA) is 53.4 Å². The van der Waals surface area contributed by atoms with Gasteiger partial charge in [-0.2, -0.15) is 0 Å². The van der Waals surface area contributed by atoms with Crippen LogP contribution in [0.1, 0.15) is 37.1 Å². The van der Waals surface area contributed by atoms with Crippen LogP contribution in [0.15, 0.2) is 18.3 Å². The molecule has 0 bridgehead atoms. The summed E-state index contributed by atoms with van der Waals surface area (Å²) in [4.78, 5) is 17.6. The summed E-state index contributed by atoms with van der Waals surface area (Å²) in [6.07, 6.45) is 3.69. The Morgan fingerprint density at radius 1 is 1.62 bits per heavy atom. The summed E-state index contributed by atoms with van der Waals surface area (Å²) in [5.74, 6) is 0.107. The third-order valence-electron chi connectivity index (χ3n) is 3.03. The molecule has 1 fully saturated rings. The van der Waals surface area contributed by atoms with E-state index in [1.807, 2.05) is 17.0 Å². The molecule has 1 unspecified atom stereocenters. The van der Waals surface area contributed by atoms with Crippen molar-refractivity contribution in [2.75, 3.05) is 6.54 Å². The highest BCUT2D eigenvalue weighted by molar-refractivity contribution is 5.74. The Labute approximate surface area is 94.9 Å². The van der Waals surface area contributed by atoms with Gasteiger partial charge in [-0.3, -0.25) is 9.78 Å². The van der Waals surface area contributed by atoms with Crippen LogP contribution in [0.5, 0.6) is 0 Å². The molecule has 2 heterocycles. The summed E-state index contributed by atoms with van der Waals surface area (Å²) in [6, 6.07) is 3.88. The zero-order valence-electron chi connectivity index (χ0n) is 9.39. The number of aliphatic hydroxyl groups excluding tert-OH is 1. The van der Waals surface area contributed by atoms with Gasteiger partial charge in [0.1, 0.15) is 0 Å². The van der Waals surface area contributed by atoms with Gasteiger partial charge >= 0.3 is 0 Å². The van der Waals surface area contributed by atoms with Crippen LogP contribution in [0, 0.1) is 0 Å². The molecule has 1 aliphatic rings. The SMILES string of the molecule is CC(=O)N1CCCC1c1ccc(CO)cn1. The minimum absolute atomic E-state index is 0.00830. The van der Waals surface area contributed by atoms with Crippen LogP contribution in [0.2, 0.25) is 0 Å². The lowest BCUT2D eigenvalue weighted by atomic mass is 10.1. The number of likely N-dealkylation sites (tertiary alicyclic amines) is 1. The number of aliphatic hydroxyl groups is 1. The van der Waals surface area contributed by atoms with Gasteiger partial charge in [0.05, 0.1) is 18.3 Å². The van der Waals surface area contributed by atoms with E-state index >= 15 is 0 Å². The van der Waals surface area contributed by atoms with E-state index in [1.54, 1.807) is 13.1 Å². The molecule has 0 saturated carbocycles. The number of aromatic nitrogens is 1. The Morgan fingerprint density at radius 2 is 2.44 bits per heavy atom. The second kappa shape index (κ2) is 4.61. The Bertz CT molecular complexity index is 375. The fraction of sp³-hybridized carbons (Fsp3) is 0.500. The molecule has 0 aromatic carbocycles. The molecule has 1 saturated heterocycles. The zero-order chi connectivity index (χ0) is 11.5. The number of pyridine rings is 1. The summed E-state index contributed by atoms with van der Waals surface area (Å²) in [7, 11) is 0. The van der Waals surface area contributed by atoms with Crippen LogP contribution in [-0.2, 0) is 11.4 Å². The molecule has 86 valence electrons. The zero-order valence-corrected chi connectivity index (χ0v) is 9.39. The van der Waals surface area contributed by atoms with Gasteiger partial charge in [0, 0.05) is 19.7 Å². The van der Waals surface area contributed by atoms with E-state index in [0.717, 1.165) is 30.6 Å². The van der Waals surface area contributed by atoms with Crippen molar-refractivity contribution < 1.29 is 9.90 Å². The molecular formula is C12H16N2O2. The summed E-state index contributed by atoms with van der Waals surface area (Å²) in [6.45, 7) is 2.43. The number of hydrogen-bond donors (Lipinski definition) is 1. The quantitative estimate of drug-likeness (QED) is 0.816. The van der Waals surface area contributed by atoms with Crippen LogP contribution < -0.4 is 0 Å². The highest BCUT2D eigenvalue weighted by atomic mass is 16.3. The van der Waals surface area contributed by atoms with Gasteiger partial charge in [0.25, 0.3) is 0 Å². The van der Waals surface area contributed by atoms with Gasteiger partial charge in [-0.05, 0) is 24.5 Å². The molecule has 0 radical (unpaired) electrons. The van der Waals surface area contributed by atoms with E-state index in [9.17, 15) is 4.79 Å². The molecule has 2 rings (SSSR count). The summed E-state index contributed by atoms with van der Waals surface area (Å²) >= 11 is 0. The van der Waals surface area contributed by atoms with Crippen molar-refractivity contribution in [3.63, 3.8) is 0 Å². The van der Waals surface area contributed by atoms with E-state index in [4.69, 9.17) is 5.11 Å². The van der Waals surface area contributed by atoms with Crippen molar-refractivity contribution in [3.8, 4) is 0 Å². The molecule has 1 atom stereocenters. The summed E-state index contributed by atoms with van der Waals surface area (Å²) in [5, 5.41) is 8.93. The minimum Gasteiger partial charge on any atom is -0.392 e. The lowest BCUT2D eigenvalue weighted by Crippen LogP contribution is -2.28. The number of carbonyl (C=O) groups excluding carboxylic acids is 1. The van der Waals surface area contributed by atoms with Crippen molar-refractivity contribution in [2.24, 2.45) is 0 Å². The molecule has 4 heteroatoms. The van der Waals surface area contributed by atoms with Crippen molar-refractivity contribution in [2.45, 2.75) is 32.4 Å². The van der Waals surface area contributed by atoms with Gasteiger partial charge in [-0.15, -0.1) is 0 Å². The van der Waals surface area contributed by atoms with E-state index in [2.05, 4.69) is 4.98 Å². The monoisotopic (exact) mass is 220 g/mol. The van der Waals surface area contributed by atoms with Crippen LogP contribution >= 0.6 is 0 Å². The molecule has 0 spiro atoms. The third-order valence-corrected chi connectivity index (χ3v) is 3.03. The number of nitrogens with zero attached hydrogens (tertiary/aromatic N) is 2. The number of amides is 1. The number of carbonyl (C=O) groups is 1. The van der Waals surface area contributed by atoms with Crippen LogP contribution in [-0.4, -0.2) is 27.4 Å². The Kier molecular flexibility index (Phi) is 3.19. The molecule has 1 amide bonds. The van der Waals surface area contributed by atoms with E-state index < -0.39 is 0 Å². The molecule has 1 aromatic rings. The van der Waals surface area contributed by atoms with Crippen LogP contribution in [0.3, 0.4) is 0 Å². The summed E-state index contributed by atoms with van der Waals surface area (Å²) < 4.78 is 0. The highest BCUT2D eigenvalue weighted by Gasteiger charge is 2.28.